The first-order valence-electron chi connectivity index (χ1n) is 5.80. The van der Waals surface area contributed by atoms with E-state index in [1.54, 1.807) is 0 Å². The summed E-state index contributed by atoms with van der Waals surface area (Å²) in [6.07, 6.45) is -29.3. The van der Waals surface area contributed by atoms with Crippen LogP contribution in [0.1, 0.15) is 12.8 Å². The molecule has 0 fully saturated rings. The van der Waals surface area contributed by atoms with Gasteiger partial charge in [0.1, 0.15) is 0 Å². The second-order valence-electron chi connectivity index (χ2n) is 4.76. The molecule has 0 heterocycles. The average molecular weight is 392 g/mol. The fraction of sp³-hybridized carbons (Fsp3) is 1.00. The molecule has 1 N–H and O–H groups in total. The molecule has 0 aromatic heterocycles. The number of aliphatic hydroxyl groups is 1. The van der Waals surface area contributed by atoms with Gasteiger partial charge < -0.3 is 5.11 Å². The van der Waals surface area contributed by atoms with Crippen LogP contribution in [0.15, 0.2) is 0 Å². The summed E-state index contributed by atoms with van der Waals surface area (Å²) in [7, 11) is 0. The maximum atomic E-state index is 13.1. The molecule has 3 atom stereocenters. The second kappa shape index (κ2) is 7.12. The Morgan fingerprint density at radius 2 is 1.12 bits per heavy atom. The smallest absolute Gasteiger partial charge is 0.379 e. The van der Waals surface area contributed by atoms with Crippen molar-refractivity contribution >= 4 is 0 Å². The molecule has 0 rings (SSSR count). The van der Waals surface area contributed by atoms with Gasteiger partial charge in [-0.15, -0.1) is 0 Å². The monoisotopic (exact) mass is 392 g/mol. The Kier molecular flexibility index (Phi) is 6.84. The van der Waals surface area contributed by atoms with E-state index >= 15 is 0 Å². The zero-order valence-corrected chi connectivity index (χ0v) is 11.1. The van der Waals surface area contributed by atoms with E-state index < -0.39 is 61.7 Å². The summed E-state index contributed by atoms with van der Waals surface area (Å²) in [5, 5.41) is 8.16. The number of rotatable bonds is 8. The van der Waals surface area contributed by atoms with Gasteiger partial charge in [0.2, 0.25) is 6.10 Å². The van der Waals surface area contributed by atoms with Crippen LogP contribution in [0.3, 0.4) is 0 Å². The standard InChI is InChI=1S/C10H9F13O/c11-3(5(13)14)1-7(15,16)4(12)2-8(17,18)9(19,20)6(24)10(21,22)23/h3-6,24H,1-2H2. The van der Waals surface area contributed by atoms with Crippen molar-refractivity contribution < 1.29 is 62.2 Å². The second-order valence-corrected chi connectivity index (χ2v) is 4.76. The van der Waals surface area contributed by atoms with Gasteiger partial charge in [0.05, 0.1) is 12.8 Å². The lowest BCUT2D eigenvalue weighted by molar-refractivity contribution is -0.330. The quantitative estimate of drug-likeness (QED) is 0.602. The van der Waals surface area contributed by atoms with Crippen LogP contribution in [0, 0.1) is 0 Å². The molecule has 3 unspecified atom stereocenters. The van der Waals surface area contributed by atoms with Gasteiger partial charge in [-0.25, -0.2) is 26.3 Å². The molecule has 24 heavy (non-hydrogen) atoms. The van der Waals surface area contributed by atoms with Gasteiger partial charge in [-0.05, 0) is 0 Å². The van der Waals surface area contributed by atoms with Gasteiger partial charge in [0.15, 0.2) is 12.3 Å². The maximum Gasteiger partial charge on any atom is 0.420 e. The molecular weight excluding hydrogens is 383 g/mol. The highest BCUT2D eigenvalue weighted by atomic mass is 19.4. The lowest BCUT2D eigenvalue weighted by Gasteiger charge is -2.33. The normalized spacial score (nSPS) is 18.6. The first-order valence-corrected chi connectivity index (χ1v) is 5.80. The Morgan fingerprint density at radius 3 is 1.46 bits per heavy atom. The number of hydrogen-bond donors (Lipinski definition) is 1. The molecule has 0 aromatic rings. The lowest BCUT2D eigenvalue weighted by Crippen LogP contribution is -2.57. The van der Waals surface area contributed by atoms with Gasteiger partial charge in [0.25, 0.3) is 12.3 Å². The zero-order valence-electron chi connectivity index (χ0n) is 11.1. The largest absolute Gasteiger partial charge is 0.420 e. The molecule has 0 amide bonds. The SMILES string of the molecule is OC(C(F)(F)F)C(F)(F)C(F)(F)CC(F)C(F)(F)CC(F)C(F)F. The fourth-order valence-corrected chi connectivity index (χ4v) is 1.39. The molecule has 146 valence electrons. The Labute approximate surface area is 125 Å². The highest BCUT2D eigenvalue weighted by Gasteiger charge is 2.69. The molecule has 14 heteroatoms. The van der Waals surface area contributed by atoms with Crippen LogP contribution in [-0.2, 0) is 0 Å². The first kappa shape index (κ1) is 23.1. The molecule has 0 aliphatic carbocycles. The van der Waals surface area contributed by atoms with Gasteiger partial charge >= 0.3 is 18.0 Å². The Bertz CT molecular complexity index is 404. The summed E-state index contributed by atoms with van der Waals surface area (Å²) in [6, 6.07) is 0. The van der Waals surface area contributed by atoms with Crippen molar-refractivity contribution in [3.63, 3.8) is 0 Å². The predicted molar refractivity (Wildman–Crippen MR) is 51.9 cm³/mol. The van der Waals surface area contributed by atoms with E-state index in [0.29, 0.717) is 0 Å². The summed E-state index contributed by atoms with van der Waals surface area (Å²) >= 11 is 0. The molecule has 0 aliphatic heterocycles. The molecule has 0 aromatic carbocycles. The van der Waals surface area contributed by atoms with Crippen molar-refractivity contribution in [1.82, 2.24) is 0 Å². The van der Waals surface area contributed by atoms with Crippen LogP contribution in [0.2, 0.25) is 0 Å². The van der Waals surface area contributed by atoms with Gasteiger partial charge in [-0.1, -0.05) is 0 Å². The van der Waals surface area contributed by atoms with Crippen molar-refractivity contribution in [2.24, 2.45) is 0 Å². The third-order valence-electron chi connectivity index (χ3n) is 2.78. The van der Waals surface area contributed by atoms with E-state index in [4.69, 9.17) is 5.11 Å². The van der Waals surface area contributed by atoms with Crippen molar-refractivity contribution in [3.8, 4) is 0 Å². The van der Waals surface area contributed by atoms with Crippen LogP contribution in [0.5, 0.6) is 0 Å². The maximum absolute atomic E-state index is 13.1. The van der Waals surface area contributed by atoms with Gasteiger partial charge in [0, 0.05) is 0 Å². The van der Waals surface area contributed by atoms with Gasteiger partial charge in [-0.3, -0.25) is 0 Å². The van der Waals surface area contributed by atoms with E-state index in [9.17, 15) is 57.1 Å². The highest BCUT2D eigenvalue weighted by molar-refractivity contribution is 4.97. The Morgan fingerprint density at radius 1 is 0.708 bits per heavy atom. The van der Waals surface area contributed by atoms with E-state index in [0.717, 1.165) is 0 Å². The van der Waals surface area contributed by atoms with Crippen LogP contribution in [0.25, 0.3) is 0 Å². The molecule has 1 nitrogen and oxygen atoms in total. The van der Waals surface area contributed by atoms with Crippen molar-refractivity contribution in [2.45, 2.75) is 61.7 Å². The van der Waals surface area contributed by atoms with Crippen LogP contribution in [-0.4, -0.2) is 53.9 Å². The van der Waals surface area contributed by atoms with Gasteiger partial charge in [-0.2, -0.15) is 30.7 Å². The molecule has 0 aliphatic rings. The summed E-state index contributed by atoms with van der Waals surface area (Å²) in [5.74, 6) is -17.8. The number of aliphatic hydroxyl groups excluding tert-OH is 1. The first-order chi connectivity index (χ1) is 10.4. The topological polar surface area (TPSA) is 20.2 Å². The van der Waals surface area contributed by atoms with E-state index in [2.05, 4.69) is 0 Å². The molecule has 0 bridgehead atoms. The average Bonchev–Trinajstić information content (AvgIpc) is 2.35. The minimum absolute atomic E-state index is 2.66. The minimum Gasteiger partial charge on any atom is -0.379 e. The molecular formula is C10H9F13O. The molecule has 0 spiro atoms. The fourth-order valence-electron chi connectivity index (χ4n) is 1.39. The summed E-state index contributed by atoms with van der Waals surface area (Å²) < 4.78 is 162. The van der Waals surface area contributed by atoms with Crippen molar-refractivity contribution in [3.05, 3.63) is 0 Å². The highest BCUT2D eigenvalue weighted by Crippen LogP contribution is 2.47. The molecule has 0 saturated heterocycles. The Hall–Kier alpha value is -0.950. The zero-order chi connectivity index (χ0) is 19.7. The van der Waals surface area contributed by atoms with E-state index in [1.807, 2.05) is 0 Å². The Balaban J connectivity index is 5.27. The van der Waals surface area contributed by atoms with E-state index in [-0.39, 0.29) is 0 Å². The third-order valence-corrected chi connectivity index (χ3v) is 2.78. The third kappa shape index (κ3) is 5.28. The van der Waals surface area contributed by atoms with Crippen LogP contribution < -0.4 is 0 Å². The molecule has 0 radical (unpaired) electrons. The van der Waals surface area contributed by atoms with Crippen LogP contribution in [0.4, 0.5) is 57.1 Å². The lowest BCUT2D eigenvalue weighted by atomic mass is 9.95. The number of halogens is 13. The van der Waals surface area contributed by atoms with Crippen molar-refractivity contribution in [2.75, 3.05) is 0 Å². The van der Waals surface area contributed by atoms with Crippen LogP contribution >= 0.6 is 0 Å². The minimum atomic E-state index is -6.40. The predicted octanol–water partition coefficient (Wildman–Crippen LogP) is 4.54. The number of hydrogen-bond acceptors (Lipinski definition) is 1. The molecule has 0 saturated carbocycles. The summed E-state index contributed by atoms with van der Waals surface area (Å²) in [5.41, 5.74) is 0. The summed E-state index contributed by atoms with van der Waals surface area (Å²) in [6.45, 7) is 0. The summed E-state index contributed by atoms with van der Waals surface area (Å²) in [4.78, 5) is 0. The van der Waals surface area contributed by atoms with E-state index in [1.165, 1.54) is 0 Å². The number of alkyl halides is 13. The van der Waals surface area contributed by atoms with Crippen molar-refractivity contribution in [1.29, 1.82) is 0 Å².